The third-order valence-electron chi connectivity index (χ3n) is 4.45. The first kappa shape index (κ1) is 15.5. The molecule has 1 saturated heterocycles. The van der Waals surface area contributed by atoms with Crippen LogP contribution < -0.4 is 0 Å². The molecular formula is C15H22N4O2S. The number of rotatable bonds is 5. The first-order valence-corrected chi connectivity index (χ1v) is 9.11. The van der Waals surface area contributed by atoms with Crippen LogP contribution in [0.5, 0.6) is 0 Å². The SMILES string of the molecule is CCN1CCCC1CN(C)S(=O)(=O)c1cnn2ccccc12. The van der Waals surface area contributed by atoms with Gasteiger partial charge >= 0.3 is 0 Å². The fourth-order valence-corrected chi connectivity index (χ4v) is 4.50. The molecule has 0 radical (unpaired) electrons. The van der Waals surface area contributed by atoms with Crippen molar-refractivity contribution in [3.8, 4) is 0 Å². The Bertz CT molecular complexity index is 756. The summed E-state index contributed by atoms with van der Waals surface area (Å²) in [6.45, 7) is 4.68. The minimum absolute atomic E-state index is 0.275. The summed E-state index contributed by atoms with van der Waals surface area (Å²) in [6, 6.07) is 5.75. The quantitative estimate of drug-likeness (QED) is 0.836. The molecule has 7 heteroatoms. The Morgan fingerprint density at radius 1 is 1.41 bits per heavy atom. The number of likely N-dealkylation sites (N-methyl/N-ethyl adjacent to an activating group) is 2. The monoisotopic (exact) mass is 322 g/mol. The van der Waals surface area contributed by atoms with E-state index in [4.69, 9.17) is 0 Å². The van der Waals surface area contributed by atoms with Crippen LogP contribution in [0.25, 0.3) is 5.52 Å². The van der Waals surface area contributed by atoms with E-state index >= 15 is 0 Å². The molecule has 0 aliphatic carbocycles. The molecule has 1 unspecified atom stereocenters. The summed E-state index contributed by atoms with van der Waals surface area (Å²) in [5.74, 6) is 0. The number of hydrogen-bond acceptors (Lipinski definition) is 4. The number of hydrogen-bond donors (Lipinski definition) is 0. The molecule has 0 amide bonds. The molecule has 1 fully saturated rings. The summed E-state index contributed by atoms with van der Waals surface area (Å²) in [6.07, 6.45) is 5.39. The van der Waals surface area contributed by atoms with Gasteiger partial charge in [0.2, 0.25) is 10.0 Å². The van der Waals surface area contributed by atoms with Crippen LogP contribution in [-0.4, -0.2) is 60.0 Å². The number of sulfonamides is 1. The van der Waals surface area contributed by atoms with Gasteiger partial charge in [0.1, 0.15) is 4.90 Å². The van der Waals surface area contributed by atoms with Crippen LogP contribution in [0.15, 0.2) is 35.5 Å². The van der Waals surface area contributed by atoms with Gasteiger partial charge in [-0.05, 0) is 38.1 Å². The number of likely N-dealkylation sites (tertiary alicyclic amines) is 1. The van der Waals surface area contributed by atoms with Crippen molar-refractivity contribution in [2.45, 2.75) is 30.7 Å². The van der Waals surface area contributed by atoms with Crippen LogP contribution in [0, 0.1) is 0 Å². The van der Waals surface area contributed by atoms with Crippen LogP contribution in [0.3, 0.4) is 0 Å². The van der Waals surface area contributed by atoms with Gasteiger partial charge < -0.3 is 0 Å². The molecule has 6 nitrogen and oxygen atoms in total. The minimum Gasteiger partial charge on any atom is -0.299 e. The number of pyridine rings is 1. The molecule has 1 atom stereocenters. The van der Waals surface area contributed by atoms with Gasteiger partial charge in [-0.2, -0.15) is 9.40 Å². The van der Waals surface area contributed by atoms with Crippen molar-refractivity contribution in [2.24, 2.45) is 0 Å². The van der Waals surface area contributed by atoms with Gasteiger partial charge in [-0.25, -0.2) is 12.9 Å². The zero-order valence-corrected chi connectivity index (χ0v) is 13.8. The Balaban J connectivity index is 1.86. The van der Waals surface area contributed by atoms with E-state index in [1.165, 1.54) is 10.5 Å². The van der Waals surface area contributed by atoms with Crippen LogP contribution in [0.1, 0.15) is 19.8 Å². The summed E-state index contributed by atoms with van der Waals surface area (Å²) < 4.78 is 28.7. The lowest BCUT2D eigenvalue weighted by molar-refractivity contribution is 0.238. The van der Waals surface area contributed by atoms with Crippen LogP contribution in [0.4, 0.5) is 0 Å². The minimum atomic E-state index is -3.52. The van der Waals surface area contributed by atoms with E-state index in [-0.39, 0.29) is 4.90 Å². The normalized spacial score (nSPS) is 20.2. The van der Waals surface area contributed by atoms with Crippen molar-refractivity contribution in [3.63, 3.8) is 0 Å². The fraction of sp³-hybridized carbons (Fsp3) is 0.533. The maximum atomic E-state index is 12.8. The Hall–Kier alpha value is -1.44. The van der Waals surface area contributed by atoms with Gasteiger partial charge in [-0.15, -0.1) is 0 Å². The largest absolute Gasteiger partial charge is 0.299 e. The first-order valence-electron chi connectivity index (χ1n) is 7.67. The summed E-state index contributed by atoms with van der Waals surface area (Å²) in [7, 11) is -1.86. The summed E-state index contributed by atoms with van der Waals surface area (Å²) in [4.78, 5) is 2.62. The smallest absolute Gasteiger partial charge is 0.246 e. The molecule has 0 bridgehead atoms. The van der Waals surface area contributed by atoms with Gasteiger partial charge in [0.15, 0.2) is 0 Å². The van der Waals surface area contributed by atoms with Crippen LogP contribution in [0.2, 0.25) is 0 Å². The number of fused-ring (bicyclic) bond motifs is 1. The van der Waals surface area contributed by atoms with Crippen molar-refractivity contribution in [1.82, 2.24) is 18.8 Å². The second kappa shape index (κ2) is 5.98. The standard InChI is InChI=1S/C15H22N4O2S/c1-3-18-9-6-7-13(18)12-17(2)22(20,21)15-11-16-19-10-5-4-8-14(15)19/h4-5,8,10-11,13H,3,6-7,9,12H2,1-2H3. The molecule has 0 aromatic carbocycles. The molecule has 3 rings (SSSR count). The fourth-order valence-electron chi connectivity index (χ4n) is 3.19. The topological polar surface area (TPSA) is 57.9 Å². The first-order chi connectivity index (χ1) is 10.5. The van der Waals surface area contributed by atoms with Gasteiger partial charge in [0, 0.05) is 25.8 Å². The third kappa shape index (κ3) is 2.64. The number of aromatic nitrogens is 2. The predicted molar refractivity (Wildman–Crippen MR) is 85.3 cm³/mol. The second-order valence-corrected chi connectivity index (χ2v) is 7.76. The van der Waals surface area contributed by atoms with Gasteiger partial charge in [0.05, 0.1) is 11.7 Å². The molecule has 120 valence electrons. The van der Waals surface area contributed by atoms with E-state index in [9.17, 15) is 8.42 Å². The second-order valence-electron chi connectivity index (χ2n) is 5.75. The number of nitrogens with zero attached hydrogens (tertiary/aromatic N) is 4. The molecule has 1 aliphatic rings. The van der Waals surface area contributed by atoms with E-state index in [0.717, 1.165) is 25.9 Å². The van der Waals surface area contributed by atoms with Crippen molar-refractivity contribution in [3.05, 3.63) is 30.6 Å². The molecule has 2 aromatic heterocycles. The van der Waals surface area contributed by atoms with Crippen LogP contribution in [-0.2, 0) is 10.0 Å². The zero-order chi connectivity index (χ0) is 15.7. The Kier molecular flexibility index (Phi) is 4.20. The maximum Gasteiger partial charge on any atom is 0.246 e. The predicted octanol–water partition coefficient (Wildman–Crippen LogP) is 1.44. The van der Waals surface area contributed by atoms with Crippen molar-refractivity contribution < 1.29 is 8.42 Å². The van der Waals surface area contributed by atoms with E-state index in [1.54, 1.807) is 23.8 Å². The molecule has 1 aliphatic heterocycles. The Morgan fingerprint density at radius 3 is 3.00 bits per heavy atom. The maximum absolute atomic E-state index is 12.8. The lowest BCUT2D eigenvalue weighted by atomic mass is 10.2. The third-order valence-corrected chi connectivity index (χ3v) is 6.29. The average Bonchev–Trinajstić information content (AvgIpc) is 3.13. The Labute approximate surface area is 131 Å². The van der Waals surface area contributed by atoms with Crippen molar-refractivity contribution >= 4 is 15.5 Å². The van der Waals surface area contributed by atoms with E-state index in [1.807, 2.05) is 12.1 Å². The zero-order valence-electron chi connectivity index (χ0n) is 13.0. The summed E-state index contributed by atoms with van der Waals surface area (Å²) in [5.41, 5.74) is 0.619. The highest BCUT2D eigenvalue weighted by atomic mass is 32.2. The van der Waals surface area contributed by atoms with Crippen LogP contribution >= 0.6 is 0 Å². The molecular weight excluding hydrogens is 300 g/mol. The average molecular weight is 322 g/mol. The van der Waals surface area contributed by atoms with E-state index in [0.29, 0.717) is 18.1 Å². The molecule has 2 aromatic rings. The molecule has 0 spiro atoms. The van der Waals surface area contributed by atoms with E-state index < -0.39 is 10.0 Å². The highest BCUT2D eigenvalue weighted by Gasteiger charge is 2.30. The highest BCUT2D eigenvalue weighted by Crippen LogP contribution is 2.23. The molecule has 0 saturated carbocycles. The van der Waals surface area contributed by atoms with E-state index in [2.05, 4.69) is 16.9 Å². The van der Waals surface area contributed by atoms with Crippen molar-refractivity contribution in [2.75, 3.05) is 26.7 Å². The lowest BCUT2D eigenvalue weighted by Crippen LogP contribution is -2.41. The lowest BCUT2D eigenvalue weighted by Gasteiger charge is -2.27. The Morgan fingerprint density at radius 2 is 2.23 bits per heavy atom. The van der Waals surface area contributed by atoms with Crippen molar-refractivity contribution in [1.29, 1.82) is 0 Å². The highest BCUT2D eigenvalue weighted by molar-refractivity contribution is 7.89. The summed E-state index contributed by atoms with van der Waals surface area (Å²) >= 11 is 0. The summed E-state index contributed by atoms with van der Waals surface area (Å²) in [5, 5.41) is 4.13. The van der Waals surface area contributed by atoms with Gasteiger partial charge in [-0.3, -0.25) is 4.90 Å². The molecule has 3 heterocycles. The van der Waals surface area contributed by atoms with Gasteiger partial charge in [0.25, 0.3) is 0 Å². The van der Waals surface area contributed by atoms with Gasteiger partial charge in [-0.1, -0.05) is 13.0 Å². The molecule has 22 heavy (non-hydrogen) atoms. The molecule has 0 N–H and O–H groups in total.